The van der Waals surface area contributed by atoms with E-state index < -0.39 is 18.8 Å². The number of anilines is 1. The largest absolute Gasteiger partial charge is 0.405 e. The first-order chi connectivity index (χ1) is 9.81. The van der Waals surface area contributed by atoms with Gasteiger partial charge in [-0.3, -0.25) is 0 Å². The van der Waals surface area contributed by atoms with Gasteiger partial charge in [0.1, 0.15) is 18.4 Å². The van der Waals surface area contributed by atoms with Gasteiger partial charge in [0, 0.05) is 11.4 Å². The van der Waals surface area contributed by atoms with E-state index >= 15 is 0 Å². The predicted molar refractivity (Wildman–Crippen MR) is 75.0 cm³/mol. The molecule has 0 amide bonds. The smallest absolute Gasteiger partial charge is 0.344 e. The van der Waals surface area contributed by atoms with Gasteiger partial charge >= 0.3 is 6.18 Å². The summed E-state index contributed by atoms with van der Waals surface area (Å²) in [5.74, 6) is 0.0727. The third-order valence-corrected chi connectivity index (χ3v) is 3.07. The second kappa shape index (κ2) is 5.60. The molecule has 1 aromatic heterocycles. The Bertz CT molecular complexity index is 687. The van der Waals surface area contributed by atoms with Crippen LogP contribution in [0.5, 0.6) is 0 Å². The van der Waals surface area contributed by atoms with Crippen molar-refractivity contribution in [3.8, 4) is 6.07 Å². The molecule has 1 heterocycles. The molecule has 0 aliphatic heterocycles. The topological polar surface area (TPSA) is 39.9 Å². The van der Waals surface area contributed by atoms with Crippen LogP contribution in [0, 0.1) is 11.3 Å². The number of alkyl halides is 3. The fourth-order valence-electron chi connectivity index (χ4n) is 2.10. The summed E-state index contributed by atoms with van der Waals surface area (Å²) >= 11 is 0. The number of halogens is 3. The zero-order chi connectivity index (χ0) is 15.6. The first-order valence-electron chi connectivity index (χ1n) is 6.45. The number of fused-ring (bicyclic) bond motifs is 1. The standard InChI is InChI=1S/C15H14F3N3/c1-10(2)21(9-15(16,17)18)14-12(8-19)7-11-5-3-4-6-13(11)20-14/h3-7,10H,9H2,1-2H3. The van der Waals surface area contributed by atoms with Crippen LogP contribution in [0.2, 0.25) is 0 Å². The summed E-state index contributed by atoms with van der Waals surface area (Å²) in [6.07, 6.45) is -4.36. The van der Waals surface area contributed by atoms with Gasteiger partial charge in [-0.1, -0.05) is 18.2 Å². The van der Waals surface area contributed by atoms with Gasteiger partial charge in [-0.15, -0.1) is 0 Å². The maximum atomic E-state index is 12.7. The fraction of sp³-hybridized carbons (Fsp3) is 0.333. The SMILES string of the molecule is CC(C)N(CC(F)(F)F)c1nc2ccccc2cc1C#N. The van der Waals surface area contributed by atoms with E-state index in [9.17, 15) is 18.4 Å². The van der Waals surface area contributed by atoms with Gasteiger partial charge < -0.3 is 4.90 Å². The predicted octanol–water partition coefficient (Wildman–Crippen LogP) is 3.88. The van der Waals surface area contributed by atoms with E-state index in [1.165, 1.54) is 0 Å². The third-order valence-electron chi connectivity index (χ3n) is 3.07. The van der Waals surface area contributed by atoms with Gasteiger partial charge in [0.25, 0.3) is 0 Å². The molecule has 0 unspecified atom stereocenters. The molecule has 0 radical (unpaired) electrons. The Balaban J connectivity index is 2.58. The molecule has 2 rings (SSSR count). The molecule has 6 heteroatoms. The van der Waals surface area contributed by atoms with Crippen LogP contribution in [0.3, 0.4) is 0 Å². The van der Waals surface area contributed by atoms with Crippen LogP contribution in [-0.2, 0) is 0 Å². The van der Waals surface area contributed by atoms with E-state index in [4.69, 9.17) is 0 Å². The summed E-state index contributed by atoms with van der Waals surface area (Å²) in [6, 6.07) is 10.1. The number of nitrogens with zero attached hydrogens (tertiary/aromatic N) is 3. The van der Waals surface area contributed by atoms with Crippen molar-refractivity contribution in [1.29, 1.82) is 5.26 Å². The van der Waals surface area contributed by atoms with Crippen LogP contribution < -0.4 is 4.90 Å². The zero-order valence-corrected chi connectivity index (χ0v) is 11.6. The number of nitriles is 1. The average Bonchev–Trinajstić information content (AvgIpc) is 2.42. The maximum Gasteiger partial charge on any atom is 0.405 e. The molecule has 0 atom stereocenters. The molecular formula is C15H14F3N3. The minimum Gasteiger partial charge on any atom is -0.344 e. The van der Waals surface area contributed by atoms with Crippen LogP contribution in [-0.4, -0.2) is 23.7 Å². The molecule has 0 spiro atoms. The minimum atomic E-state index is -4.36. The van der Waals surface area contributed by atoms with Crippen LogP contribution >= 0.6 is 0 Å². The molecule has 0 fully saturated rings. The van der Waals surface area contributed by atoms with E-state index in [1.54, 1.807) is 44.2 Å². The molecule has 110 valence electrons. The summed E-state index contributed by atoms with van der Waals surface area (Å²) in [7, 11) is 0. The van der Waals surface area contributed by atoms with Gasteiger partial charge in [-0.2, -0.15) is 18.4 Å². The first-order valence-corrected chi connectivity index (χ1v) is 6.45. The summed E-state index contributed by atoms with van der Waals surface area (Å²) in [5.41, 5.74) is 0.714. The number of para-hydroxylation sites is 1. The Kier molecular flexibility index (Phi) is 4.03. The average molecular weight is 293 g/mol. The number of aromatic nitrogens is 1. The van der Waals surface area contributed by atoms with Crippen molar-refractivity contribution in [2.45, 2.75) is 26.1 Å². The van der Waals surface area contributed by atoms with E-state index in [0.29, 0.717) is 5.52 Å². The van der Waals surface area contributed by atoms with Gasteiger partial charge in [0.15, 0.2) is 0 Å². The van der Waals surface area contributed by atoms with Crippen LogP contribution in [0.4, 0.5) is 19.0 Å². The quantitative estimate of drug-likeness (QED) is 0.862. The lowest BCUT2D eigenvalue weighted by molar-refractivity contribution is -0.120. The second-order valence-corrected chi connectivity index (χ2v) is 5.00. The lowest BCUT2D eigenvalue weighted by atomic mass is 10.1. The van der Waals surface area contributed by atoms with Crippen molar-refractivity contribution in [3.05, 3.63) is 35.9 Å². The number of hydrogen-bond donors (Lipinski definition) is 0. The van der Waals surface area contributed by atoms with E-state index in [2.05, 4.69) is 4.98 Å². The van der Waals surface area contributed by atoms with Gasteiger partial charge in [0.2, 0.25) is 0 Å². The van der Waals surface area contributed by atoms with Crippen molar-refractivity contribution >= 4 is 16.7 Å². The normalized spacial score (nSPS) is 11.7. The highest BCUT2D eigenvalue weighted by Crippen LogP contribution is 2.28. The molecule has 21 heavy (non-hydrogen) atoms. The maximum absolute atomic E-state index is 12.7. The zero-order valence-electron chi connectivity index (χ0n) is 11.6. The molecule has 0 bridgehead atoms. The van der Waals surface area contributed by atoms with Crippen molar-refractivity contribution in [3.63, 3.8) is 0 Å². The highest BCUT2D eigenvalue weighted by Gasteiger charge is 2.33. The molecule has 0 saturated heterocycles. The summed E-state index contributed by atoms with van der Waals surface area (Å²) in [6.45, 7) is 2.15. The number of benzene rings is 1. The van der Waals surface area contributed by atoms with Crippen molar-refractivity contribution in [2.24, 2.45) is 0 Å². The fourth-order valence-corrected chi connectivity index (χ4v) is 2.10. The number of hydrogen-bond acceptors (Lipinski definition) is 3. The van der Waals surface area contributed by atoms with E-state index in [1.807, 2.05) is 6.07 Å². The summed E-state index contributed by atoms with van der Waals surface area (Å²) in [5, 5.41) is 9.94. The molecule has 0 aliphatic rings. The highest BCUT2D eigenvalue weighted by atomic mass is 19.4. The molecule has 3 nitrogen and oxygen atoms in total. The summed E-state index contributed by atoms with van der Waals surface area (Å²) in [4.78, 5) is 5.36. The molecule has 0 aliphatic carbocycles. The van der Waals surface area contributed by atoms with Gasteiger partial charge in [-0.05, 0) is 26.0 Å². The molecule has 0 N–H and O–H groups in total. The van der Waals surface area contributed by atoms with Crippen molar-refractivity contribution in [1.82, 2.24) is 4.98 Å². The second-order valence-electron chi connectivity index (χ2n) is 5.00. The lowest BCUT2D eigenvalue weighted by Crippen LogP contribution is -2.40. The molecule has 1 aromatic carbocycles. The first kappa shape index (κ1) is 15.1. The Morgan fingerprint density at radius 1 is 1.29 bits per heavy atom. The Hall–Kier alpha value is -2.29. The van der Waals surface area contributed by atoms with Crippen LogP contribution in [0.15, 0.2) is 30.3 Å². The number of pyridine rings is 1. The number of rotatable bonds is 3. The molecule has 2 aromatic rings. The molecule has 0 saturated carbocycles. The Morgan fingerprint density at radius 3 is 2.52 bits per heavy atom. The molecular weight excluding hydrogens is 279 g/mol. The van der Waals surface area contributed by atoms with Crippen molar-refractivity contribution < 1.29 is 13.2 Å². The van der Waals surface area contributed by atoms with Crippen LogP contribution in [0.1, 0.15) is 19.4 Å². The van der Waals surface area contributed by atoms with E-state index in [-0.39, 0.29) is 11.4 Å². The highest BCUT2D eigenvalue weighted by molar-refractivity contribution is 5.83. The van der Waals surface area contributed by atoms with Crippen LogP contribution in [0.25, 0.3) is 10.9 Å². The monoisotopic (exact) mass is 293 g/mol. The van der Waals surface area contributed by atoms with Crippen molar-refractivity contribution in [2.75, 3.05) is 11.4 Å². The van der Waals surface area contributed by atoms with Gasteiger partial charge in [-0.25, -0.2) is 4.98 Å². The van der Waals surface area contributed by atoms with E-state index in [0.717, 1.165) is 10.3 Å². The van der Waals surface area contributed by atoms with Gasteiger partial charge in [0.05, 0.1) is 11.1 Å². The Labute approximate surface area is 120 Å². The third kappa shape index (κ3) is 3.43. The lowest BCUT2D eigenvalue weighted by Gasteiger charge is -2.29. The summed E-state index contributed by atoms with van der Waals surface area (Å²) < 4.78 is 38.2. The minimum absolute atomic E-state index is 0.0727. The Morgan fingerprint density at radius 2 is 1.95 bits per heavy atom.